The summed E-state index contributed by atoms with van der Waals surface area (Å²) < 4.78 is 28.7. The lowest BCUT2D eigenvalue weighted by molar-refractivity contribution is 0.0951. The lowest BCUT2D eigenvalue weighted by atomic mass is 10.1. The number of sulfonamides is 1. The molecule has 0 saturated heterocycles. The second kappa shape index (κ2) is 11.5. The Morgan fingerprint density at radius 2 is 1.68 bits per heavy atom. The maximum Gasteiger partial charge on any atom is 0.263 e. The van der Waals surface area contributed by atoms with Crippen LogP contribution < -0.4 is 15.4 Å². The van der Waals surface area contributed by atoms with Crippen molar-refractivity contribution in [3.8, 4) is 0 Å². The third-order valence-corrected chi connectivity index (χ3v) is 7.70. The average Bonchev–Trinajstić information content (AvgIpc) is 2.90. The van der Waals surface area contributed by atoms with Gasteiger partial charge in [-0.05, 0) is 79.1 Å². The molecule has 1 heterocycles. The fourth-order valence-electron chi connectivity index (χ4n) is 3.63. The third kappa shape index (κ3) is 6.37. The Labute approximate surface area is 226 Å². The zero-order valence-corrected chi connectivity index (χ0v) is 22.2. The number of nitrogens with zero attached hydrogens (tertiary/aromatic N) is 1. The predicted octanol–water partition coefficient (Wildman–Crippen LogP) is 5.33. The molecule has 0 unspecified atom stereocenters. The van der Waals surface area contributed by atoms with Gasteiger partial charge in [0.2, 0.25) is 0 Å². The molecule has 4 rings (SSSR count). The van der Waals surface area contributed by atoms with Gasteiger partial charge in [-0.15, -0.1) is 0 Å². The molecule has 0 saturated carbocycles. The van der Waals surface area contributed by atoms with Crippen molar-refractivity contribution in [3.05, 3.63) is 118 Å². The Morgan fingerprint density at radius 3 is 2.42 bits per heavy atom. The first-order valence-corrected chi connectivity index (χ1v) is 13.5. The zero-order valence-electron chi connectivity index (χ0n) is 20.7. The zero-order chi connectivity index (χ0) is 27.3. The molecule has 0 atom stereocenters. The van der Waals surface area contributed by atoms with E-state index >= 15 is 0 Å². The van der Waals surface area contributed by atoms with E-state index in [2.05, 4.69) is 20.3 Å². The van der Waals surface area contributed by atoms with E-state index in [0.717, 1.165) is 16.7 Å². The van der Waals surface area contributed by atoms with Crippen LogP contribution in [0.4, 0.5) is 11.4 Å². The molecule has 0 spiro atoms. The highest BCUT2D eigenvalue weighted by molar-refractivity contribution is 7.92. The van der Waals surface area contributed by atoms with Crippen LogP contribution in [0, 0.1) is 13.8 Å². The van der Waals surface area contributed by atoms with Gasteiger partial charge in [-0.2, -0.15) is 0 Å². The van der Waals surface area contributed by atoms with Gasteiger partial charge in [0.1, 0.15) is 4.90 Å². The van der Waals surface area contributed by atoms with Crippen molar-refractivity contribution >= 4 is 44.8 Å². The van der Waals surface area contributed by atoms with Gasteiger partial charge in [0.05, 0.1) is 16.3 Å². The lowest BCUT2D eigenvalue weighted by Crippen LogP contribution is -2.25. The number of carbonyl (C=O) groups is 2. The third-order valence-electron chi connectivity index (χ3n) is 5.84. The van der Waals surface area contributed by atoms with Crippen molar-refractivity contribution in [3.63, 3.8) is 0 Å². The van der Waals surface area contributed by atoms with E-state index in [0.29, 0.717) is 5.69 Å². The van der Waals surface area contributed by atoms with Crippen LogP contribution in [0.25, 0.3) is 0 Å². The van der Waals surface area contributed by atoms with E-state index in [9.17, 15) is 18.0 Å². The van der Waals surface area contributed by atoms with Crippen molar-refractivity contribution in [1.29, 1.82) is 0 Å². The number of anilines is 2. The first kappa shape index (κ1) is 26.8. The molecule has 0 bridgehead atoms. The molecule has 0 radical (unpaired) electrons. The summed E-state index contributed by atoms with van der Waals surface area (Å²) in [5, 5.41) is 5.46. The number of aryl methyl sites for hydroxylation is 2. The van der Waals surface area contributed by atoms with Gasteiger partial charge in [0.25, 0.3) is 21.8 Å². The summed E-state index contributed by atoms with van der Waals surface area (Å²) in [5.74, 6) is -0.987. The second-order valence-corrected chi connectivity index (χ2v) is 10.7. The summed E-state index contributed by atoms with van der Waals surface area (Å²) in [4.78, 5) is 29.7. The number of aromatic nitrogens is 1. The molecular formula is C28H25ClN4O4S. The number of pyridine rings is 1. The Balaban J connectivity index is 1.53. The SMILES string of the molecule is Cc1ccc(NS(=O)(=O)c2cc(C(=O)Nc3ccccc3C(=O)NCc3cccnc3)ccc2Cl)cc1C. The Bertz CT molecular complexity index is 1610. The molecule has 0 aliphatic rings. The lowest BCUT2D eigenvalue weighted by Gasteiger charge is -2.14. The van der Waals surface area contributed by atoms with Crippen LogP contribution in [0.2, 0.25) is 5.02 Å². The van der Waals surface area contributed by atoms with Gasteiger partial charge in [-0.3, -0.25) is 19.3 Å². The molecule has 1 aromatic heterocycles. The van der Waals surface area contributed by atoms with E-state index in [1.807, 2.05) is 26.0 Å². The van der Waals surface area contributed by atoms with Crippen molar-refractivity contribution in [2.75, 3.05) is 10.0 Å². The topological polar surface area (TPSA) is 117 Å². The molecule has 4 aromatic rings. The van der Waals surface area contributed by atoms with Gasteiger partial charge in [-0.25, -0.2) is 8.42 Å². The van der Waals surface area contributed by atoms with Gasteiger partial charge in [-0.1, -0.05) is 35.9 Å². The molecule has 8 nitrogen and oxygen atoms in total. The number of hydrogen-bond acceptors (Lipinski definition) is 5. The van der Waals surface area contributed by atoms with E-state index in [-0.39, 0.29) is 39.2 Å². The van der Waals surface area contributed by atoms with Crippen molar-refractivity contribution in [2.45, 2.75) is 25.3 Å². The predicted molar refractivity (Wildman–Crippen MR) is 148 cm³/mol. The number of carbonyl (C=O) groups excluding carboxylic acids is 2. The van der Waals surface area contributed by atoms with Crippen LogP contribution >= 0.6 is 11.6 Å². The minimum absolute atomic E-state index is 0.0342. The van der Waals surface area contributed by atoms with Gasteiger partial charge in [0, 0.05) is 30.2 Å². The number of hydrogen-bond donors (Lipinski definition) is 3. The van der Waals surface area contributed by atoms with Crippen LogP contribution in [-0.2, 0) is 16.6 Å². The van der Waals surface area contributed by atoms with Gasteiger partial charge < -0.3 is 10.6 Å². The average molecular weight is 549 g/mol. The molecular weight excluding hydrogens is 524 g/mol. The molecule has 194 valence electrons. The summed E-state index contributed by atoms with van der Waals surface area (Å²) in [7, 11) is -4.09. The molecule has 0 aliphatic heterocycles. The largest absolute Gasteiger partial charge is 0.348 e. The van der Waals surface area contributed by atoms with Crippen LogP contribution in [0.1, 0.15) is 37.4 Å². The van der Waals surface area contributed by atoms with Crippen molar-refractivity contribution < 1.29 is 18.0 Å². The fraction of sp³-hybridized carbons (Fsp3) is 0.107. The van der Waals surface area contributed by atoms with Crippen LogP contribution in [0.5, 0.6) is 0 Å². The number of amides is 2. The standard InChI is InChI=1S/C28H25ClN4O4S/c1-18-9-11-22(14-19(18)2)33-38(36,37)26-15-21(10-12-24(26)29)27(34)32-25-8-4-3-7-23(25)28(35)31-17-20-6-5-13-30-16-20/h3-16,33H,17H2,1-2H3,(H,31,35)(H,32,34). The number of benzene rings is 3. The maximum absolute atomic E-state index is 13.1. The van der Waals surface area contributed by atoms with E-state index in [1.54, 1.807) is 54.9 Å². The smallest absolute Gasteiger partial charge is 0.263 e. The molecule has 10 heteroatoms. The minimum atomic E-state index is -4.09. The molecule has 2 amide bonds. The highest BCUT2D eigenvalue weighted by Gasteiger charge is 2.22. The van der Waals surface area contributed by atoms with E-state index in [4.69, 9.17) is 11.6 Å². The Morgan fingerprint density at radius 1 is 0.895 bits per heavy atom. The maximum atomic E-state index is 13.1. The van der Waals surface area contributed by atoms with Gasteiger partial charge >= 0.3 is 0 Å². The molecule has 0 aliphatic carbocycles. The Hall–Kier alpha value is -4.21. The molecule has 3 N–H and O–H groups in total. The second-order valence-electron chi connectivity index (χ2n) is 8.59. The number of nitrogens with one attached hydrogen (secondary N) is 3. The molecule has 0 fully saturated rings. The van der Waals surface area contributed by atoms with Crippen LogP contribution in [0.3, 0.4) is 0 Å². The quantitative estimate of drug-likeness (QED) is 0.275. The van der Waals surface area contributed by atoms with E-state index < -0.39 is 15.9 Å². The summed E-state index contributed by atoms with van der Waals surface area (Å²) in [6, 6.07) is 19.3. The van der Waals surface area contributed by atoms with Crippen molar-refractivity contribution in [1.82, 2.24) is 10.3 Å². The number of halogens is 1. The fourth-order valence-corrected chi connectivity index (χ4v) is 5.21. The summed E-state index contributed by atoms with van der Waals surface area (Å²) in [5.41, 5.74) is 3.73. The summed E-state index contributed by atoms with van der Waals surface area (Å²) in [6.07, 6.45) is 3.29. The Kier molecular flexibility index (Phi) is 8.09. The monoisotopic (exact) mass is 548 g/mol. The van der Waals surface area contributed by atoms with Crippen LogP contribution in [-0.4, -0.2) is 25.2 Å². The number of rotatable bonds is 8. The summed E-state index contributed by atoms with van der Waals surface area (Å²) >= 11 is 6.21. The van der Waals surface area contributed by atoms with E-state index in [1.165, 1.54) is 18.2 Å². The highest BCUT2D eigenvalue weighted by atomic mass is 35.5. The number of para-hydroxylation sites is 1. The van der Waals surface area contributed by atoms with Crippen LogP contribution in [0.15, 0.2) is 90.1 Å². The normalized spacial score (nSPS) is 11.0. The molecule has 3 aromatic carbocycles. The molecule has 38 heavy (non-hydrogen) atoms. The highest BCUT2D eigenvalue weighted by Crippen LogP contribution is 2.27. The first-order valence-electron chi connectivity index (χ1n) is 11.6. The van der Waals surface area contributed by atoms with Gasteiger partial charge in [0.15, 0.2) is 0 Å². The first-order chi connectivity index (χ1) is 18.1. The summed E-state index contributed by atoms with van der Waals surface area (Å²) in [6.45, 7) is 4.07. The van der Waals surface area contributed by atoms with Crippen molar-refractivity contribution in [2.24, 2.45) is 0 Å². The minimum Gasteiger partial charge on any atom is -0.348 e.